The van der Waals surface area contributed by atoms with Crippen molar-refractivity contribution in [2.45, 2.75) is 30.9 Å². The number of ether oxygens (including phenoxy) is 1. The lowest BCUT2D eigenvalue weighted by Crippen LogP contribution is -2.34. The van der Waals surface area contributed by atoms with Crippen molar-refractivity contribution < 1.29 is 23.1 Å². The fourth-order valence-corrected chi connectivity index (χ4v) is 5.60. The van der Waals surface area contributed by atoms with Gasteiger partial charge in [-0.1, -0.05) is 48.5 Å². The van der Waals surface area contributed by atoms with Crippen molar-refractivity contribution in [3.8, 4) is 5.75 Å². The van der Waals surface area contributed by atoms with E-state index in [0.29, 0.717) is 18.8 Å². The predicted octanol–water partition coefficient (Wildman–Crippen LogP) is 5.57. The minimum absolute atomic E-state index is 0.159. The van der Waals surface area contributed by atoms with Gasteiger partial charge >= 0.3 is 5.97 Å². The highest BCUT2D eigenvalue weighted by Crippen LogP contribution is 2.25. The van der Waals surface area contributed by atoms with Gasteiger partial charge in [-0.05, 0) is 78.2 Å². The zero-order valence-corrected chi connectivity index (χ0v) is 21.5. The summed E-state index contributed by atoms with van der Waals surface area (Å²) in [5, 5.41) is 11.7. The van der Waals surface area contributed by atoms with Crippen LogP contribution in [0.4, 0.5) is 0 Å². The van der Waals surface area contributed by atoms with E-state index >= 15 is 0 Å². The number of aromatic nitrogens is 1. The Morgan fingerprint density at radius 2 is 1.63 bits per heavy atom. The maximum absolute atomic E-state index is 13.1. The first-order chi connectivity index (χ1) is 18.3. The highest BCUT2D eigenvalue weighted by Gasteiger charge is 2.18. The number of rotatable bonds is 9. The number of sulfonamides is 1. The van der Waals surface area contributed by atoms with Crippen LogP contribution in [0.25, 0.3) is 21.7 Å². The molecule has 1 aromatic heterocycles. The molecule has 38 heavy (non-hydrogen) atoms. The number of carboxylic acid groups (broad SMARTS) is 1. The van der Waals surface area contributed by atoms with Gasteiger partial charge in [0, 0.05) is 11.4 Å². The zero-order valence-electron chi connectivity index (χ0n) is 20.7. The molecular formula is C30H26N2O5S. The minimum atomic E-state index is -3.78. The summed E-state index contributed by atoms with van der Waals surface area (Å²) in [6, 6.07) is 28.4. The van der Waals surface area contributed by atoms with Crippen LogP contribution < -0.4 is 9.46 Å². The Bertz CT molecular complexity index is 1730. The fraction of sp³-hybridized carbons (Fsp3) is 0.133. The molecule has 0 saturated carbocycles. The van der Waals surface area contributed by atoms with Crippen LogP contribution in [-0.2, 0) is 23.1 Å². The lowest BCUT2D eigenvalue weighted by atomic mass is 10.1. The molecule has 8 heteroatoms. The molecule has 0 aliphatic carbocycles. The van der Waals surface area contributed by atoms with E-state index < -0.39 is 22.0 Å². The quantitative estimate of drug-likeness (QED) is 0.260. The number of nitrogens with zero attached hydrogens (tertiary/aromatic N) is 1. The second kappa shape index (κ2) is 10.6. The summed E-state index contributed by atoms with van der Waals surface area (Å²) >= 11 is 0. The number of carbonyl (C=O) groups is 1. The van der Waals surface area contributed by atoms with Gasteiger partial charge in [0.1, 0.15) is 12.4 Å². The van der Waals surface area contributed by atoms with Crippen molar-refractivity contribution in [3.05, 3.63) is 114 Å². The summed E-state index contributed by atoms with van der Waals surface area (Å²) in [5.74, 6) is -0.381. The van der Waals surface area contributed by atoms with Crippen molar-refractivity contribution in [1.82, 2.24) is 9.71 Å². The molecule has 0 saturated heterocycles. The number of para-hydroxylation sites is 1. The molecule has 2 N–H and O–H groups in total. The lowest BCUT2D eigenvalue weighted by Gasteiger charge is -2.15. The molecule has 0 unspecified atom stereocenters. The Morgan fingerprint density at radius 3 is 2.42 bits per heavy atom. The van der Waals surface area contributed by atoms with Gasteiger partial charge in [-0.2, -0.15) is 0 Å². The maximum Gasteiger partial charge on any atom is 0.335 e. The molecule has 0 fully saturated rings. The molecule has 1 atom stereocenters. The van der Waals surface area contributed by atoms with E-state index in [9.17, 15) is 13.2 Å². The van der Waals surface area contributed by atoms with E-state index in [4.69, 9.17) is 9.84 Å². The second-order valence-corrected chi connectivity index (χ2v) is 10.9. The highest BCUT2D eigenvalue weighted by atomic mass is 32.2. The van der Waals surface area contributed by atoms with E-state index in [1.165, 1.54) is 12.1 Å². The summed E-state index contributed by atoms with van der Waals surface area (Å²) in [6.07, 6.45) is 0.424. The number of hydrogen-bond acceptors (Lipinski definition) is 5. The number of pyridine rings is 1. The number of fused-ring (bicyclic) bond motifs is 2. The van der Waals surface area contributed by atoms with Gasteiger partial charge in [-0.15, -0.1) is 0 Å². The monoisotopic (exact) mass is 526 g/mol. The third kappa shape index (κ3) is 5.82. The van der Waals surface area contributed by atoms with Gasteiger partial charge in [0.15, 0.2) is 0 Å². The molecule has 5 rings (SSSR count). The molecular weight excluding hydrogens is 500 g/mol. The largest absolute Gasteiger partial charge is 0.487 e. The van der Waals surface area contributed by atoms with E-state index in [-0.39, 0.29) is 10.5 Å². The molecule has 0 spiro atoms. The Morgan fingerprint density at radius 1 is 0.895 bits per heavy atom. The third-order valence-corrected chi connectivity index (χ3v) is 7.82. The molecule has 0 bridgehead atoms. The van der Waals surface area contributed by atoms with E-state index in [1.807, 2.05) is 54.6 Å². The smallest absolute Gasteiger partial charge is 0.335 e. The molecule has 7 nitrogen and oxygen atoms in total. The molecule has 4 aromatic carbocycles. The maximum atomic E-state index is 13.1. The molecule has 5 aromatic rings. The number of hydrogen-bond donors (Lipinski definition) is 2. The van der Waals surface area contributed by atoms with Crippen molar-refractivity contribution in [3.63, 3.8) is 0 Å². The summed E-state index contributed by atoms with van der Waals surface area (Å²) < 4.78 is 34.9. The number of benzene rings is 4. The number of aromatic carboxylic acids is 1. The second-order valence-electron chi connectivity index (χ2n) is 9.18. The van der Waals surface area contributed by atoms with Crippen LogP contribution in [0.1, 0.15) is 28.5 Å². The molecule has 1 heterocycles. The summed E-state index contributed by atoms with van der Waals surface area (Å²) in [7, 11) is -3.78. The summed E-state index contributed by atoms with van der Waals surface area (Å²) in [5.41, 5.74) is 2.73. The Kier molecular flexibility index (Phi) is 7.09. The van der Waals surface area contributed by atoms with E-state index in [2.05, 4.69) is 9.71 Å². The average Bonchev–Trinajstić information content (AvgIpc) is 2.91. The minimum Gasteiger partial charge on any atom is -0.487 e. The normalized spacial score (nSPS) is 12.4. The molecule has 0 amide bonds. The Labute approximate surface area is 220 Å². The van der Waals surface area contributed by atoms with Crippen LogP contribution in [0.2, 0.25) is 0 Å². The van der Waals surface area contributed by atoms with Gasteiger partial charge in [0.25, 0.3) is 0 Å². The first kappa shape index (κ1) is 25.4. The van der Waals surface area contributed by atoms with Crippen molar-refractivity contribution in [2.24, 2.45) is 0 Å². The van der Waals surface area contributed by atoms with Gasteiger partial charge in [0.2, 0.25) is 10.0 Å². The van der Waals surface area contributed by atoms with Gasteiger partial charge in [0.05, 0.1) is 21.7 Å². The highest BCUT2D eigenvalue weighted by molar-refractivity contribution is 7.89. The van der Waals surface area contributed by atoms with Gasteiger partial charge in [-0.3, -0.25) is 0 Å². The van der Waals surface area contributed by atoms with Crippen LogP contribution in [-0.4, -0.2) is 30.5 Å². The first-order valence-electron chi connectivity index (χ1n) is 12.1. The first-order valence-corrected chi connectivity index (χ1v) is 13.6. The molecule has 0 aliphatic rings. The van der Waals surface area contributed by atoms with Crippen molar-refractivity contribution >= 4 is 37.7 Å². The van der Waals surface area contributed by atoms with Crippen molar-refractivity contribution in [2.75, 3.05) is 0 Å². The number of carboxylic acids is 1. The lowest BCUT2D eigenvalue weighted by molar-refractivity contribution is 0.0697. The molecule has 192 valence electrons. The van der Waals surface area contributed by atoms with Crippen LogP contribution in [0.5, 0.6) is 5.75 Å². The SMILES string of the molecule is C[C@@H](Cc1ccc(C(=O)O)cc1)NS(=O)(=O)c1ccc2ccc(OCc3ccc4ccccc4n3)cc2c1. The zero-order chi connectivity index (χ0) is 26.7. The van der Waals surface area contributed by atoms with E-state index in [0.717, 1.165) is 32.9 Å². The van der Waals surface area contributed by atoms with Crippen LogP contribution >= 0.6 is 0 Å². The summed E-state index contributed by atoms with van der Waals surface area (Å²) in [6.45, 7) is 2.07. The van der Waals surface area contributed by atoms with E-state index in [1.54, 1.807) is 37.3 Å². The summed E-state index contributed by atoms with van der Waals surface area (Å²) in [4.78, 5) is 15.8. The fourth-order valence-electron chi connectivity index (χ4n) is 4.32. The third-order valence-electron chi connectivity index (χ3n) is 6.24. The number of nitrogens with one attached hydrogen (secondary N) is 1. The van der Waals surface area contributed by atoms with Gasteiger partial charge in [-0.25, -0.2) is 22.9 Å². The standard InChI is InChI=1S/C30H26N2O5S/c1-20(16-21-6-8-24(9-7-21)30(33)34)32-38(35,36)28-15-12-22-11-14-27(17-25(22)18-28)37-19-26-13-10-23-4-2-3-5-29(23)31-26/h2-15,17-18,20,32H,16,19H2,1H3,(H,33,34)/t20-/m0/s1. The average molecular weight is 527 g/mol. The Hall–Kier alpha value is -4.27. The predicted molar refractivity (Wildman–Crippen MR) is 147 cm³/mol. The molecule has 0 radical (unpaired) electrons. The van der Waals surface area contributed by atoms with Crippen LogP contribution in [0, 0.1) is 0 Å². The van der Waals surface area contributed by atoms with Crippen molar-refractivity contribution in [1.29, 1.82) is 0 Å². The van der Waals surface area contributed by atoms with Crippen LogP contribution in [0.15, 0.2) is 102 Å². The Balaban J connectivity index is 1.28. The topological polar surface area (TPSA) is 106 Å². The van der Waals surface area contributed by atoms with Gasteiger partial charge < -0.3 is 9.84 Å². The van der Waals surface area contributed by atoms with Crippen LogP contribution in [0.3, 0.4) is 0 Å². The molecule has 0 aliphatic heterocycles.